The molecule has 0 aliphatic rings. The van der Waals surface area contributed by atoms with Gasteiger partial charge in [-0.1, -0.05) is 11.6 Å². The third-order valence-electron chi connectivity index (χ3n) is 2.24. The van der Waals surface area contributed by atoms with Crippen LogP contribution in [0.15, 0.2) is 18.2 Å². The molecular formula is C13H17ClF3NO. The van der Waals surface area contributed by atoms with Gasteiger partial charge in [0.1, 0.15) is 0 Å². The van der Waals surface area contributed by atoms with Gasteiger partial charge in [0, 0.05) is 12.2 Å². The number of anilines is 1. The maximum absolute atomic E-state index is 12.6. The van der Waals surface area contributed by atoms with Crippen LogP contribution in [-0.4, -0.2) is 18.8 Å². The summed E-state index contributed by atoms with van der Waals surface area (Å²) in [5.74, 6) is 0. The van der Waals surface area contributed by atoms with E-state index >= 15 is 0 Å². The van der Waals surface area contributed by atoms with E-state index in [-0.39, 0.29) is 10.6 Å². The van der Waals surface area contributed by atoms with E-state index in [1.54, 1.807) is 0 Å². The Morgan fingerprint density at radius 3 is 2.37 bits per heavy atom. The highest BCUT2D eigenvalue weighted by atomic mass is 35.5. The molecule has 0 saturated heterocycles. The molecule has 6 heteroatoms. The van der Waals surface area contributed by atoms with Gasteiger partial charge >= 0.3 is 6.18 Å². The van der Waals surface area contributed by atoms with Gasteiger partial charge in [-0.15, -0.1) is 0 Å². The van der Waals surface area contributed by atoms with Crippen molar-refractivity contribution in [1.82, 2.24) is 0 Å². The molecule has 0 bridgehead atoms. The fourth-order valence-electron chi connectivity index (χ4n) is 1.41. The van der Waals surface area contributed by atoms with E-state index < -0.39 is 11.7 Å². The van der Waals surface area contributed by atoms with Crippen LogP contribution in [0, 0.1) is 0 Å². The van der Waals surface area contributed by atoms with Crippen molar-refractivity contribution in [2.75, 3.05) is 18.5 Å². The summed E-state index contributed by atoms with van der Waals surface area (Å²) in [4.78, 5) is 0. The number of nitrogens with one attached hydrogen (secondary N) is 1. The Kier molecular flexibility index (Phi) is 5.10. The summed E-state index contributed by atoms with van der Waals surface area (Å²) in [7, 11) is 0. The SMILES string of the molecule is CC(C)(C)OCCNc1ccc(Cl)c(C(F)(F)F)c1. The van der Waals surface area contributed by atoms with E-state index in [0.717, 1.165) is 6.07 Å². The van der Waals surface area contributed by atoms with Gasteiger partial charge in [-0.25, -0.2) is 0 Å². The first-order chi connectivity index (χ1) is 8.59. The van der Waals surface area contributed by atoms with Gasteiger partial charge in [0.05, 0.1) is 22.8 Å². The lowest BCUT2D eigenvalue weighted by Gasteiger charge is -2.20. The summed E-state index contributed by atoms with van der Waals surface area (Å²) >= 11 is 5.53. The molecule has 19 heavy (non-hydrogen) atoms. The predicted molar refractivity (Wildman–Crippen MR) is 70.6 cm³/mol. The lowest BCUT2D eigenvalue weighted by atomic mass is 10.2. The minimum atomic E-state index is -4.45. The van der Waals surface area contributed by atoms with Gasteiger partial charge in [-0.2, -0.15) is 13.2 Å². The predicted octanol–water partition coefficient (Wildman–Crippen LogP) is 4.59. The third-order valence-corrected chi connectivity index (χ3v) is 2.57. The maximum Gasteiger partial charge on any atom is 0.417 e. The first kappa shape index (κ1) is 16.1. The smallest absolute Gasteiger partial charge is 0.383 e. The Morgan fingerprint density at radius 2 is 1.84 bits per heavy atom. The zero-order valence-electron chi connectivity index (χ0n) is 11.1. The van der Waals surface area contributed by atoms with Gasteiger partial charge < -0.3 is 10.1 Å². The van der Waals surface area contributed by atoms with Gasteiger partial charge in [0.15, 0.2) is 0 Å². The van der Waals surface area contributed by atoms with Crippen molar-refractivity contribution < 1.29 is 17.9 Å². The topological polar surface area (TPSA) is 21.3 Å². The van der Waals surface area contributed by atoms with Crippen LogP contribution in [-0.2, 0) is 10.9 Å². The lowest BCUT2D eigenvalue weighted by molar-refractivity contribution is -0.137. The standard InChI is InChI=1S/C13H17ClF3NO/c1-12(2,3)19-7-6-18-9-4-5-11(14)10(8-9)13(15,16)17/h4-5,8,18H,6-7H2,1-3H3. The van der Waals surface area contributed by atoms with Crippen LogP contribution >= 0.6 is 11.6 Å². The van der Waals surface area contributed by atoms with Crippen molar-refractivity contribution in [3.63, 3.8) is 0 Å². The number of benzene rings is 1. The maximum atomic E-state index is 12.6. The molecule has 0 heterocycles. The highest BCUT2D eigenvalue weighted by molar-refractivity contribution is 6.31. The van der Waals surface area contributed by atoms with Crippen LogP contribution < -0.4 is 5.32 Å². The van der Waals surface area contributed by atoms with Gasteiger partial charge in [-0.3, -0.25) is 0 Å². The average Bonchev–Trinajstić information content (AvgIpc) is 2.23. The molecule has 1 N–H and O–H groups in total. The Bertz CT molecular complexity index is 427. The van der Waals surface area contributed by atoms with E-state index in [1.807, 2.05) is 20.8 Å². The monoisotopic (exact) mass is 295 g/mol. The summed E-state index contributed by atoms with van der Waals surface area (Å²) < 4.78 is 43.4. The first-order valence-electron chi connectivity index (χ1n) is 5.84. The van der Waals surface area contributed by atoms with Crippen molar-refractivity contribution in [2.24, 2.45) is 0 Å². The zero-order chi connectivity index (χ0) is 14.7. The van der Waals surface area contributed by atoms with E-state index in [0.29, 0.717) is 18.8 Å². The number of hydrogen-bond donors (Lipinski definition) is 1. The Balaban J connectivity index is 2.61. The number of alkyl halides is 3. The molecule has 1 aromatic rings. The molecule has 1 aromatic carbocycles. The highest BCUT2D eigenvalue weighted by Crippen LogP contribution is 2.36. The van der Waals surface area contributed by atoms with Gasteiger partial charge in [0.2, 0.25) is 0 Å². The van der Waals surface area contributed by atoms with Crippen molar-refractivity contribution in [1.29, 1.82) is 0 Å². The molecule has 0 atom stereocenters. The van der Waals surface area contributed by atoms with Crippen LogP contribution in [0.2, 0.25) is 5.02 Å². The molecule has 0 spiro atoms. The van der Waals surface area contributed by atoms with E-state index in [4.69, 9.17) is 16.3 Å². The molecule has 0 aliphatic heterocycles. The molecule has 2 nitrogen and oxygen atoms in total. The van der Waals surface area contributed by atoms with Crippen molar-refractivity contribution in [2.45, 2.75) is 32.5 Å². The lowest BCUT2D eigenvalue weighted by Crippen LogP contribution is -2.23. The number of hydrogen-bond acceptors (Lipinski definition) is 2. The number of ether oxygens (including phenoxy) is 1. The largest absolute Gasteiger partial charge is 0.417 e. The quantitative estimate of drug-likeness (QED) is 0.821. The summed E-state index contributed by atoms with van der Waals surface area (Å²) in [6.07, 6.45) is -4.45. The van der Waals surface area contributed by atoms with Crippen LogP contribution in [0.5, 0.6) is 0 Å². The molecule has 0 unspecified atom stereocenters. The Morgan fingerprint density at radius 1 is 1.21 bits per heavy atom. The van der Waals surface area contributed by atoms with Crippen molar-refractivity contribution in [3.8, 4) is 0 Å². The molecule has 0 aliphatic carbocycles. The normalized spacial score (nSPS) is 12.6. The van der Waals surface area contributed by atoms with Gasteiger partial charge in [0.25, 0.3) is 0 Å². The second kappa shape index (κ2) is 6.01. The minimum Gasteiger partial charge on any atom is -0.383 e. The fraction of sp³-hybridized carbons (Fsp3) is 0.538. The Hall–Kier alpha value is -0.940. The van der Waals surface area contributed by atoms with E-state index in [2.05, 4.69) is 5.32 Å². The molecular weight excluding hydrogens is 279 g/mol. The summed E-state index contributed by atoms with van der Waals surface area (Å²) in [5.41, 5.74) is -0.733. The van der Waals surface area contributed by atoms with Gasteiger partial charge in [-0.05, 0) is 39.0 Å². The first-order valence-corrected chi connectivity index (χ1v) is 6.22. The van der Waals surface area contributed by atoms with Crippen LogP contribution in [0.1, 0.15) is 26.3 Å². The molecule has 0 saturated carbocycles. The fourth-order valence-corrected chi connectivity index (χ4v) is 1.63. The minimum absolute atomic E-state index is 0.265. The van der Waals surface area contributed by atoms with Crippen LogP contribution in [0.4, 0.5) is 18.9 Å². The van der Waals surface area contributed by atoms with Crippen LogP contribution in [0.25, 0.3) is 0 Å². The molecule has 108 valence electrons. The second-order valence-electron chi connectivity index (χ2n) is 5.08. The Labute approximate surface area is 115 Å². The number of halogens is 4. The van der Waals surface area contributed by atoms with Crippen LogP contribution in [0.3, 0.4) is 0 Å². The summed E-state index contributed by atoms with van der Waals surface area (Å²) in [6.45, 7) is 6.58. The highest BCUT2D eigenvalue weighted by Gasteiger charge is 2.33. The molecule has 0 fully saturated rings. The second-order valence-corrected chi connectivity index (χ2v) is 5.49. The zero-order valence-corrected chi connectivity index (χ0v) is 11.8. The summed E-state index contributed by atoms with van der Waals surface area (Å²) in [5, 5.41) is 2.57. The summed E-state index contributed by atoms with van der Waals surface area (Å²) in [6, 6.07) is 3.74. The number of rotatable bonds is 4. The molecule has 0 radical (unpaired) electrons. The van der Waals surface area contributed by atoms with E-state index in [9.17, 15) is 13.2 Å². The average molecular weight is 296 g/mol. The third kappa shape index (κ3) is 5.70. The van der Waals surface area contributed by atoms with Crippen molar-refractivity contribution >= 4 is 17.3 Å². The molecule has 0 aromatic heterocycles. The van der Waals surface area contributed by atoms with Crippen molar-refractivity contribution in [3.05, 3.63) is 28.8 Å². The molecule has 1 rings (SSSR count). The molecule has 0 amide bonds. The van der Waals surface area contributed by atoms with E-state index in [1.165, 1.54) is 12.1 Å².